The second-order valence-electron chi connectivity index (χ2n) is 6.14. The molecule has 22 heavy (non-hydrogen) atoms. The van der Waals surface area contributed by atoms with E-state index >= 15 is 0 Å². The van der Waals surface area contributed by atoms with Crippen molar-refractivity contribution in [3.8, 4) is 0 Å². The SMILES string of the molecule is C=CCN1CCOCC2(C1)CN(Cc1ccccn1)CCO2. The van der Waals surface area contributed by atoms with E-state index in [1.54, 1.807) is 0 Å². The van der Waals surface area contributed by atoms with E-state index < -0.39 is 0 Å². The number of hydrogen-bond acceptors (Lipinski definition) is 5. The van der Waals surface area contributed by atoms with Gasteiger partial charge >= 0.3 is 0 Å². The molecule has 5 nitrogen and oxygen atoms in total. The van der Waals surface area contributed by atoms with Gasteiger partial charge in [0.05, 0.1) is 25.5 Å². The summed E-state index contributed by atoms with van der Waals surface area (Å²) in [5, 5.41) is 0. The average molecular weight is 303 g/mol. The second-order valence-corrected chi connectivity index (χ2v) is 6.14. The van der Waals surface area contributed by atoms with E-state index in [1.165, 1.54) is 0 Å². The van der Waals surface area contributed by atoms with Crippen molar-refractivity contribution in [2.45, 2.75) is 12.1 Å². The molecule has 1 spiro atoms. The maximum atomic E-state index is 6.17. The van der Waals surface area contributed by atoms with E-state index in [1.807, 2.05) is 24.4 Å². The van der Waals surface area contributed by atoms with Crippen molar-refractivity contribution < 1.29 is 9.47 Å². The Morgan fingerprint density at radius 2 is 2.09 bits per heavy atom. The molecule has 0 N–H and O–H groups in total. The van der Waals surface area contributed by atoms with Crippen LogP contribution in [-0.2, 0) is 16.0 Å². The first-order chi connectivity index (χ1) is 10.8. The van der Waals surface area contributed by atoms with E-state index in [4.69, 9.17) is 9.47 Å². The van der Waals surface area contributed by atoms with Gasteiger partial charge in [0.1, 0.15) is 5.60 Å². The molecule has 120 valence electrons. The van der Waals surface area contributed by atoms with Gasteiger partial charge in [-0.3, -0.25) is 14.8 Å². The molecule has 0 saturated carbocycles. The molecule has 3 heterocycles. The number of ether oxygens (including phenoxy) is 2. The summed E-state index contributed by atoms with van der Waals surface area (Å²) in [7, 11) is 0. The average Bonchev–Trinajstić information content (AvgIpc) is 2.71. The fourth-order valence-electron chi connectivity index (χ4n) is 3.28. The molecule has 0 radical (unpaired) electrons. The molecule has 0 aromatic carbocycles. The van der Waals surface area contributed by atoms with Crippen LogP contribution in [0.2, 0.25) is 0 Å². The largest absolute Gasteiger partial charge is 0.377 e. The highest BCUT2D eigenvalue weighted by atomic mass is 16.5. The van der Waals surface area contributed by atoms with Gasteiger partial charge in [-0.15, -0.1) is 6.58 Å². The van der Waals surface area contributed by atoms with Gasteiger partial charge in [0.15, 0.2) is 0 Å². The fourth-order valence-corrected chi connectivity index (χ4v) is 3.28. The van der Waals surface area contributed by atoms with Crippen molar-refractivity contribution in [2.75, 3.05) is 52.5 Å². The zero-order valence-corrected chi connectivity index (χ0v) is 13.1. The number of aromatic nitrogens is 1. The van der Waals surface area contributed by atoms with E-state index in [-0.39, 0.29) is 5.60 Å². The molecule has 2 fully saturated rings. The number of pyridine rings is 1. The van der Waals surface area contributed by atoms with Crippen molar-refractivity contribution >= 4 is 0 Å². The Hall–Kier alpha value is -1.27. The third-order valence-corrected chi connectivity index (χ3v) is 4.26. The molecule has 1 unspecified atom stereocenters. The van der Waals surface area contributed by atoms with Crippen LogP contribution in [-0.4, -0.2) is 72.9 Å². The highest BCUT2D eigenvalue weighted by Crippen LogP contribution is 2.23. The fraction of sp³-hybridized carbons (Fsp3) is 0.588. The monoisotopic (exact) mass is 303 g/mol. The van der Waals surface area contributed by atoms with Gasteiger partial charge in [0.2, 0.25) is 0 Å². The topological polar surface area (TPSA) is 37.8 Å². The summed E-state index contributed by atoms with van der Waals surface area (Å²) in [5.74, 6) is 0. The molecular weight excluding hydrogens is 278 g/mol. The molecule has 2 aliphatic rings. The lowest BCUT2D eigenvalue weighted by molar-refractivity contribution is -0.142. The summed E-state index contributed by atoms with van der Waals surface area (Å²) in [4.78, 5) is 9.22. The summed E-state index contributed by atoms with van der Waals surface area (Å²) in [6.45, 7) is 11.4. The van der Waals surface area contributed by atoms with Crippen LogP contribution in [0, 0.1) is 0 Å². The van der Waals surface area contributed by atoms with Crippen LogP contribution in [0.4, 0.5) is 0 Å². The van der Waals surface area contributed by atoms with Crippen molar-refractivity contribution in [1.82, 2.24) is 14.8 Å². The summed E-state index contributed by atoms with van der Waals surface area (Å²) >= 11 is 0. The van der Waals surface area contributed by atoms with E-state index in [0.29, 0.717) is 6.61 Å². The Labute approximate surface area is 132 Å². The highest BCUT2D eigenvalue weighted by Gasteiger charge is 2.40. The molecule has 0 bridgehead atoms. The molecule has 0 aliphatic carbocycles. The Bertz CT molecular complexity index is 482. The first-order valence-corrected chi connectivity index (χ1v) is 7.97. The van der Waals surface area contributed by atoms with Gasteiger partial charge < -0.3 is 9.47 Å². The molecule has 0 amide bonds. The van der Waals surface area contributed by atoms with Crippen LogP contribution in [0.3, 0.4) is 0 Å². The van der Waals surface area contributed by atoms with Crippen molar-refractivity contribution in [2.24, 2.45) is 0 Å². The van der Waals surface area contributed by atoms with Crippen LogP contribution in [0.15, 0.2) is 37.1 Å². The molecular formula is C17H25N3O2. The number of hydrogen-bond donors (Lipinski definition) is 0. The lowest BCUT2D eigenvalue weighted by atomic mass is 10.0. The summed E-state index contributed by atoms with van der Waals surface area (Å²) in [5.41, 5.74) is 0.879. The van der Waals surface area contributed by atoms with Crippen LogP contribution in [0.1, 0.15) is 5.69 Å². The Morgan fingerprint density at radius 1 is 1.23 bits per heavy atom. The molecule has 1 aromatic rings. The normalized spacial score (nSPS) is 27.6. The first kappa shape index (κ1) is 15.6. The van der Waals surface area contributed by atoms with Gasteiger partial charge in [-0.05, 0) is 12.1 Å². The zero-order valence-electron chi connectivity index (χ0n) is 13.1. The minimum Gasteiger partial charge on any atom is -0.377 e. The van der Waals surface area contributed by atoms with Crippen molar-refractivity contribution in [3.05, 3.63) is 42.7 Å². The lowest BCUT2D eigenvalue weighted by Gasteiger charge is -2.43. The number of rotatable bonds is 4. The molecule has 1 aromatic heterocycles. The number of nitrogens with zero attached hydrogens (tertiary/aromatic N) is 3. The zero-order chi connectivity index (χ0) is 15.3. The van der Waals surface area contributed by atoms with Crippen LogP contribution >= 0.6 is 0 Å². The standard InChI is InChI=1S/C17H25N3O2/c1-2-7-19-8-10-21-15-17(13-19)14-20(9-11-22-17)12-16-5-3-4-6-18-16/h2-6H,1,7-15H2. The summed E-state index contributed by atoms with van der Waals surface area (Å²) in [6.07, 6.45) is 3.81. The van der Waals surface area contributed by atoms with E-state index in [9.17, 15) is 0 Å². The van der Waals surface area contributed by atoms with Crippen molar-refractivity contribution in [1.29, 1.82) is 0 Å². The Morgan fingerprint density at radius 3 is 2.91 bits per heavy atom. The van der Waals surface area contributed by atoms with Crippen LogP contribution in [0.5, 0.6) is 0 Å². The van der Waals surface area contributed by atoms with Crippen LogP contribution < -0.4 is 0 Å². The minimum absolute atomic E-state index is 0.230. The van der Waals surface area contributed by atoms with Gasteiger partial charge in [0, 0.05) is 45.5 Å². The maximum Gasteiger partial charge on any atom is 0.117 e. The van der Waals surface area contributed by atoms with E-state index in [2.05, 4.69) is 27.4 Å². The predicted molar refractivity (Wildman–Crippen MR) is 85.7 cm³/mol. The molecule has 1 atom stereocenters. The molecule has 5 heteroatoms. The third-order valence-electron chi connectivity index (χ3n) is 4.26. The second kappa shape index (κ2) is 7.33. The van der Waals surface area contributed by atoms with Gasteiger partial charge in [-0.1, -0.05) is 12.1 Å². The Balaban J connectivity index is 1.66. The smallest absolute Gasteiger partial charge is 0.117 e. The molecule has 3 rings (SSSR count). The Kier molecular flexibility index (Phi) is 5.20. The third kappa shape index (κ3) is 3.93. The summed E-state index contributed by atoms with van der Waals surface area (Å²) < 4.78 is 12.0. The lowest BCUT2D eigenvalue weighted by Crippen LogP contribution is -2.58. The number of morpholine rings is 1. The minimum atomic E-state index is -0.230. The highest BCUT2D eigenvalue weighted by molar-refractivity contribution is 5.04. The summed E-state index contributed by atoms with van der Waals surface area (Å²) in [6, 6.07) is 6.07. The van der Waals surface area contributed by atoms with Crippen LogP contribution in [0.25, 0.3) is 0 Å². The maximum absolute atomic E-state index is 6.17. The van der Waals surface area contributed by atoms with Crippen molar-refractivity contribution in [3.63, 3.8) is 0 Å². The quantitative estimate of drug-likeness (QED) is 0.781. The van der Waals surface area contributed by atoms with Gasteiger partial charge in [-0.25, -0.2) is 0 Å². The molecule has 2 aliphatic heterocycles. The van der Waals surface area contributed by atoms with E-state index in [0.717, 1.165) is 58.2 Å². The van der Waals surface area contributed by atoms with Gasteiger partial charge in [0.25, 0.3) is 0 Å². The predicted octanol–water partition coefficient (Wildman–Crippen LogP) is 1.17. The molecule has 2 saturated heterocycles. The van der Waals surface area contributed by atoms with Gasteiger partial charge in [-0.2, -0.15) is 0 Å². The first-order valence-electron chi connectivity index (χ1n) is 7.97.